The zero-order chi connectivity index (χ0) is 21.5. The van der Waals surface area contributed by atoms with Gasteiger partial charge in [-0.2, -0.15) is 18.3 Å². The molecule has 0 radical (unpaired) electrons. The second-order valence-corrected chi connectivity index (χ2v) is 6.12. The maximum Gasteiger partial charge on any atom is 0.417 e. The van der Waals surface area contributed by atoms with E-state index in [0.717, 1.165) is 18.5 Å². The number of hydrogen-bond acceptors (Lipinski definition) is 4. The van der Waals surface area contributed by atoms with Crippen molar-refractivity contribution in [2.75, 3.05) is 5.32 Å². The van der Waals surface area contributed by atoms with Gasteiger partial charge >= 0.3 is 6.18 Å². The summed E-state index contributed by atoms with van der Waals surface area (Å²) in [5.41, 5.74) is -1.27. The Bertz CT molecular complexity index is 1270. The van der Waals surface area contributed by atoms with E-state index in [9.17, 15) is 26.7 Å². The quantitative estimate of drug-likeness (QED) is 0.502. The largest absolute Gasteiger partial charge is 0.417 e. The standard InChI is InChI=1S/C19H10F5N5O/c20-10-7-14(21)16(25-8-10)28-18(30)12-9-26-29-6-5-15(27-17(12)29)11-3-1-2-4-13(11)19(22,23)24/h1-9H,(H,25,28,30). The van der Waals surface area contributed by atoms with Crippen LogP contribution in [0.25, 0.3) is 16.9 Å². The predicted molar refractivity (Wildman–Crippen MR) is 95.5 cm³/mol. The number of nitrogens with one attached hydrogen (secondary N) is 1. The second kappa shape index (κ2) is 7.17. The van der Waals surface area contributed by atoms with Crippen molar-refractivity contribution in [2.24, 2.45) is 0 Å². The summed E-state index contributed by atoms with van der Waals surface area (Å²) in [6, 6.07) is 6.75. The normalized spacial score (nSPS) is 11.6. The molecule has 0 bridgehead atoms. The molecule has 4 aromatic rings. The molecule has 1 amide bonds. The molecule has 30 heavy (non-hydrogen) atoms. The highest BCUT2D eigenvalue weighted by Gasteiger charge is 2.33. The molecule has 0 atom stereocenters. The Balaban J connectivity index is 1.75. The van der Waals surface area contributed by atoms with Gasteiger partial charge in [-0.3, -0.25) is 4.79 Å². The Morgan fingerprint density at radius 3 is 2.57 bits per heavy atom. The summed E-state index contributed by atoms with van der Waals surface area (Å²) in [5.74, 6) is -3.39. The minimum absolute atomic E-state index is 0.0314. The molecule has 6 nitrogen and oxygen atoms in total. The minimum atomic E-state index is -4.60. The molecule has 0 aliphatic carbocycles. The first-order valence-corrected chi connectivity index (χ1v) is 8.37. The molecule has 3 heterocycles. The van der Waals surface area contributed by atoms with E-state index < -0.39 is 35.1 Å². The van der Waals surface area contributed by atoms with Crippen LogP contribution in [0, 0.1) is 11.6 Å². The van der Waals surface area contributed by atoms with Gasteiger partial charge in [0.1, 0.15) is 11.4 Å². The minimum Gasteiger partial charge on any atom is -0.304 e. The molecule has 152 valence electrons. The SMILES string of the molecule is O=C(Nc1ncc(F)cc1F)c1cnn2ccc(-c3ccccc3C(F)(F)F)nc12. The lowest BCUT2D eigenvalue weighted by molar-refractivity contribution is -0.137. The maximum absolute atomic E-state index is 13.7. The van der Waals surface area contributed by atoms with E-state index in [1.807, 2.05) is 0 Å². The van der Waals surface area contributed by atoms with E-state index in [1.54, 1.807) is 0 Å². The number of carbonyl (C=O) groups is 1. The Morgan fingerprint density at radius 1 is 1.07 bits per heavy atom. The van der Waals surface area contributed by atoms with Crippen LogP contribution in [-0.2, 0) is 6.18 Å². The Morgan fingerprint density at radius 2 is 1.83 bits per heavy atom. The summed E-state index contributed by atoms with van der Waals surface area (Å²) >= 11 is 0. The van der Waals surface area contributed by atoms with Crippen molar-refractivity contribution >= 4 is 17.4 Å². The van der Waals surface area contributed by atoms with Gasteiger partial charge in [-0.25, -0.2) is 23.3 Å². The molecular formula is C19H10F5N5O. The summed E-state index contributed by atoms with van der Waals surface area (Å²) in [5, 5.41) is 6.08. The Labute approximate surface area is 165 Å². The number of anilines is 1. The summed E-state index contributed by atoms with van der Waals surface area (Å²) in [4.78, 5) is 20.1. The Hall–Kier alpha value is -3.89. The van der Waals surface area contributed by atoms with Crippen molar-refractivity contribution in [2.45, 2.75) is 6.18 Å². The molecule has 0 saturated carbocycles. The molecule has 0 aliphatic rings. The number of halogens is 5. The highest BCUT2D eigenvalue weighted by Crippen LogP contribution is 2.36. The number of carbonyl (C=O) groups excluding carboxylic acids is 1. The van der Waals surface area contributed by atoms with Gasteiger partial charge in [0.05, 0.1) is 23.7 Å². The van der Waals surface area contributed by atoms with E-state index in [1.165, 1.54) is 35.0 Å². The number of pyridine rings is 1. The van der Waals surface area contributed by atoms with E-state index in [0.29, 0.717) is 6.07 Å². The molecule has 3 aromatic heterocycles. The highest BCUT2D eigenvalue weighted by molar-refractivity contribution is 6.07. The van der Waals surface area contributed by atoms with Crippen LogP contribution in [0.1, 0.15) is 15.9 Å². The van der Waals surface area contributed by atoms with E-state index in [-0.39, 0.29) is 22.5 Å². The smallest absolute Gasteiger partial charge is 0.304 e. The van der Waals surface area contributed by atoms with Crippen LogP contribution in [-0.4, -0.2) is 25.5 Å². The van der Waals surface area contributed by atoms with Gasteiger partial charge in [-0.15, -0.1) is 0 Å². The molecule has 0 spiro atoms. The zero-order valence-electron chi connectivity index (χ0n) is 14.8. The fourth-order valence-electron chi connectivity index (χ4n) is 2.81. The lowest BCUT2D eigenvalue weighted by Gasteiger charge is -2.12. The molecule has 0 unspecified atom stereocenters. The fourth-order valence-corrected chi connectivity index (χ4v) is 2.81. The van der Waals surface area contributed by atoms with Crippen LogP contribution in [0.5, 0.6) is 0 Å². The van der Waals surface area contributed by atoms with E-state index in [4.69, 9.17) is 0 Å². The first-order valence-electron chi connectivity index (χ1n) is 8.37. The van der Waals surface area contributed by atoms with Gasteiger partial charge in [0, 0.05) is 17.8 Å². The number of hydrogen-bond donors (Lipinski definition) is 1. The van der Waals surface area contributed by atoms with Crippen molar-refractivity contribution in [3.05, 3.63) is 77.8 Å². The summed E-state index contributed by atoms with van der Waals surface area (Å²) < 4.78 is 67.9. The topological polar surface area (TPSA) is 72.2 Å². The number of alkyl halides is 3. The van der Waals surface area contributed by atoms with Gasteiger partial charge in [-0.05, 0) is 12.1 Å². The second-order valence-electron chi connectivity index (χ2n) is 6.12. The van der Waals surface area contributed by atoms with E-state index >= 15 is 0 Å². The third kappa shape index (κ3) is 3.56. The highest BCUT2D eigenvalue weighted by atomic mass is 19.4. The van der Waals surface area contributed by atoms with Crippen molar-refractivity contribution in [3.8, 4) is 11.3 Å². The molecule has 1 N–H and O–H groups in total. The third-order valence-electron chi connectivity index (χ3n) is 4.16. The van der Waals surface area contributed by atoms with Crippen molar-refractivity contribution in [1.29, 1.82) is 0 Å². The molecule has 0 aliphatic heterocycles. The molecule has 1 aromatic carbocycles. The first kappa shape index (κ1) is 19.4. The maximum atomic E-state index is 13.7. The molecule has 11 heteroatoms. The van der Waals surface area contributed by atoms with Gasteiger partial charge in [0.25, 0.3) is 5.91 Å². The summed E-state index contributed by atoms with van der Waals surface area (Å²) in [6.45, 7) is 0. The Kier molecular flexibility index (Phi) is 4.65. The van der Waals surface area contributed by atoms with Crippen LogP contribution >= 0.6 is 0 Å². The van der Waals surface area contributed by atoms with Crippen molar-refractivity contribution in [1.82, 2.24) is 19.6 Å². The number of rotatable bonds is 3. The molecule has 0 saturated heterocycles. The van der Waals surface area contributed by atoms with Crippen LogP contribution in [0.2, 0.25) is 0 Å². The number of nitrogens with zero attached hydrogens (tertiary/aromatic N) is 4. The van der Waals surface area contributed by atoms with Gasteiger partial charge in [0.15, 0.2) is 17.3 Å². The number of aromatic nitrogens is 4. The van der Waals surface area contributed by atoms with Crippen LogP contribution < -0.4 is 5.32 Å². The summed E-state index contributed by atoms with van der Waals surface area (Å²) in [7, 11) is 0. The molecule has 4 rings (SSSR count). The lowest BCUT2D eigenvalue weighted by atomic mass is 10.0. The fraction of sp³-hybridized carbons (Fsp3) is 0.0526. The molecular weight excluding hydrogens is 409 g/mol. The lowest BCUT2D eigenvalue weighted by Crippen LogP contribution is -2.14. The predicted octanol–water partition coefficient (Wildman–Crippen LogP) is 4.34. The average molecular weight is 419 g/mol. The van der Waals surface area contributed by atoms with Gasteiger partial charge in [-0.1, -0.05) is 18.2 Å². The van der Waals surface area contributed by atoms with Gasteiger partial charge in [0.2, 0.25) is 0 Å². The van der Waals surface area contributed by atoms with Crippen LogP contribution in [0.15, 0.2) is 55.0 Å². The molecule has 0 fully saturated rings. The monoisotopic (exact) mass is 419 g/mol. The van der Waals surface area contributed by atoms with Crippen LogP contribution in [0.3, 0.4) is 0 Å². The number of amides is 1. The van der Waals surface area contributed by atoms with Crippen LogP contribution in [0.4, 0.5) is 27.8 Å². The summed E-state index contributed by atoms with van der Waals surface area (Å²) in [6.07, 6.45) is -1.41. The van der Waals surface area contributed by atoms with Crippen molar-refractivity contribution in [3.63, 3.8) is 0 Å². The first-order chi connectivity index (χ1) is 14.2. The average Bonchev–Trinajstić information content (AvgIpc) is 3.13. The zero-order valence-corrected chi connectivity index (χ0v) is 14.8. The third-order valence-corrected chi connectivity index (χ3v) is 4.16. The number of benzene rings is 1. The van der Waals surface area contributed by atoms with Gasteiger partial charge < -0.3 is 5.32 Å². The van der Waals surface area contributed by atoms with Crippen molar-refractivity contribution < 1.29 is 26.7 Å². The number of fused-ring (bicyclic) bond motifs is 1. The van der Waals surface area contributed by atoms with E-state index in [2.05, 4.69) is 20.4 Å².